The summed E-state index contributed by atoms with van der Waals surface area (Å²) < 4.78 is 49.3. The van der Waals surface area contributed by atoms with Gasteiger partial charge in [-0.15, -0.1) is 0 Å². The highest BCUT2D eigenvalue weighted by Crippen LogP contribution is 2.39. The highest BCUT2D eigenvalue weighted by molar-refractivity contribution is 7.89. The van der Waals surface area contributed by atoms with Crippen molar-refractivity contribution in [3.05, 3.63) is 84.3 Å². The lowest BCUT2D eigenvalue weighted by Crippen LogP contribution is -2.27. The van der Waals surface area contributed by atoms with Crippen LogP contribution in [0.1, 0.15) is 12.0 Å². The molecule has 1 aromatic heterocycles. The first-order chi connectivity index (χ1) is 17.7. The molecule has 0 saturated carbocycles. The van der Waals surface area contributed by atoms with E-state index in [1.807, 2.05) is 6.07 Å². The molecule has 3 aromatic carbocycles. The number of benzene rings is 3. The van der Waals surface area contributed by atoms with Crippen LogP contribution >= 0.6 is 0 Å². The molecule has 1 heterocycles. The van der Waals surface area contributed by atoms with E-state index in [0.29, 0.717) is 11.3 Å². The van der Waals surface area contributed by atoms with Crippen LogP contribution in [0.3, 0.4) is 0 Å². The summed E-state index contributed by atoms with van der Waals surface area (Å²) in [6, 6.07) is 18.2. The Bertz CT molecular complexity index is 1580. The Kier molecular flexibility index (Phi) is 7.42. The number of aromatic hydroxyl groups is 2. The summed E-state index contributed by atoms with van der Waals surface area (Å²) in [5, 5.41) is 33.9. The maximum atomic E-state index is 14.4. The fourth-order valence-corrected chi connectivity index (χ4v) is 5.00. The SMILES string of the molecule is CN(Cc1ccccc1OCCC#N)S(=O)(=O)c1cc(-c2ccnn2-c2ccccc2F)c(O)cc1O. The maximum absolute atomic E-state index is 14.4. The van der Waals surface area contributed by atoms with Crippen molar-refractivity contribution in [1.29, 1.82) is 5.26 Å². The van der Waals surface area contributed by atoms with Gasteiger partial charge in [0.25, 0.3) is 0 Å². The maximum Gasteiger partial charge on any atom is 0.246 e. The number of hydrogen-bond donors (Lipinski definition) is 2. The minimum atomic E-state index is -4.27. The molecule has 0 amide bonds. The van der Waals surface area contributed by atoms with Crippen LogP contribution in [0.15, 0.2) is 77.8 Å². The van der Waals surface area contributed by atoms with Gasteiger partial charge in [0.1, 0.15) is 40.3 Å². The van der Waals surface area contributed by atoms with Crippen molar-refractivity contribution in [2.75, 3.05) is 13.7 Å². The van der Waals surface area contributed by atoms with Gasteiger partial charge in [-0.2, -0.15) is 14.7 Å². The number of phenols is 2. The first-order valence-electron chi connectivity index (χ1n) is 11.1. The third-order valence-corrected chi connectivity index (χ3v) is 7.43. The Morgan fingerprint density at radius 2 is 1.81 bits per heavy atom. The number of nitrogens with zero attached hydrogens (tertiary/aromatic N) is 4. The third kappa shape index (κ3) is 5.25. The molecule has 0 saturated heterocycles. The van der Waals surface area contributed by atoms with Crippen LogP contribution in [0.5, 0.6) is 17.2 Å². The number of aromatic nitrogens is 2. The molecule has 0 unspecified atom stereocenters. The molecule has 2 N–H and O–H groups in total. The van der Waals surface area contributed by atoms with Crippen LogP contribution in [0.25, 0.3) is 16.9 Å². The van der Waals surface area contributed by atoms with Gasteiger partial charge in [-0.05, 0) is 30.3 Å². The highest BCUT2D eigenvalue weighted by Gasteiger charge is 2.28. The second-order valence-corrected chi connectivity index (χ2v) is 10.1. The van der Waals surface area contributed by atoms with E-state index in [0.717, 1.165) is 16.4 Å². The van der Waals surface area contributed by atoms with Crippen LogP contribution in [0.4, 0.5) is 4.39 Å². The normalized spacial score (nSPS) is 11.4. The van der Waals surface area contributed by atoms with E-state index in [1.165, 1.54) is 42.2 Å². The second-order valence-electron chi connectivity index (χ2n) is 8.04. The van der Waals surface area contributed by atoms with E-state index in [-0.39, 0.29) is 36.5 Å². The molecule has 0 radical (unpaired) electrons. The minimum Gasteiger partial charge on any atom is -0.507 e. The number of phenolic OH excluding ortho intramolecular Hbond substituents is 2. The molecular weight excluding hydrogens is 499 g/mol. The standard InChI is InChI=1S/C26H23FN4O5S/c1-30(17-18-7-2-5-10-25(18)36-14-6-12-28)37(34,35)26-15-19(23(32)16-24(26)33)21-11-13-29-31(21)22-9-4-3-8-20(22)27/h2-5,7-11,13,15-16,32-33H,6,14,17H2,1H3. The van der Waals surface area contributed by atoms with Gasteiger partial charge in [-0.3, -0.25) is 0 Å². The van der Waals surface area contributed by atoms with Crippen LogP contribution in [0.2, 0.25) is 0 Å². The fraction of sp³-hybridized carbons (Fsp3) is 0.154. The number of nitriles is 1. The van der Waals surface area contributed by atoms with Crippen LogP contribution < -0.4 is 4.74 Å². The highest BCUT2D eigenvalue weighted by atomic mass is 32.2. The summed E-state index contributed by atoms with van der Waals surface area (Å²) in [5.41, 5.74) is 0.913. The molecule has 0 bridgehead atoms. The number of ether oxygens (including phenoxy) is 1. The number of sulfonamides is 1. The van der Waals surface area contributed by atoms with Crippen molar-refractivity contribution in [2.45, 2.75) is 17.9 Å². The van der Waals surface area contributed by atoms with Crippen molar-refractivity contribution < 1.29 is 27.8 Å². The molecule has 37 heavy (non-hydrogen) atoms. The van der Waals surface area contributed by atoms with Gasteiger partial charge in [0.05, 0.1) is 24.4 Å². The molecule has 0 aliphatic heterocycles. The smallest absolute Gasteiger partial charge is 0.246 e. The Balaban J connectivity index is 1.71. The quantitative estimate of drug-likeness (QED) is 0.315. The van der Waals surface area contributed by atoms with Gasteiger partial charge < -0.3 is 14.9 Å². The molecule has 0 spiro atoms. The summed E-state index contributed by atoms with van der Waals surface area (Å²) in [5.74, 6) is -1.18. The topological polar surface area (TPSA) is 129 Å². The first kappa shape index (κ1) is 25.7. The molecule has 0 aliphatic rings. The lowest BCUT2D eigenvalue weighted by molar-refractivity contribution is 0.319. The summed E-state index contributed by atoms with van der Waals surface area (Å²) in [4.78, 5) is -0.452. The Hall–Kier alpha value is -4.40. The average Bonchev–Trinajstić information content (AvgIpc) is 3.34. The molecule has 9 nitrogen and oxygen atoms in total. The largest absolute Gasteiger partial charge is 0.507 e. The average molecular weight is 523 g/mol. The molecule has 0 atom stereocenters. The van der Waals surface area contributed by atoms with Crippen molar-refractivity contribution in [2.24, 2.45) is 0 Å². The van der Waals surface area contributed by atoms with Crippen LogP contribution in [-0.2, 0) is 16.6 Å². The van der Waals surface area contributed by atoms with Gasteiger partial charge in [-0.1, -0.05) is 30.3 Å². The predicted octanol–water partition coefficient (Wildman–Crippen LogP) is 4.20. The van der Waals surface area contributed by atoms with E-state index in [9.17, 15) is 23.0 Å². The molecule has 4 aromatic rings. The Morgan fingerprint density at radius 1 is 1.08 bits per heavy atom. The summed E-state index contributed by atoms with van der Waals surface area (Å²) in [6.07, 6.45) is 1.56. The second kappa shape index (κ2) is 10.7. The zero-order chi connectivity index (χ0) is 26.6. The van der Waals surface area contributed by atoms with Gasteiger partial charge >= 0.3 is 0 Å². The van der Waals surface area contributed by atoms with E-state index >= 15 is 0 Å². The summed E-state index contributed by atoms with van der Waals surface area (Å²) in [6.45, 7) is 0.0651. The molecule has 0 fully saturated rings. The Labute approximate surface area is 213 Å². The summed E-state index contributed by atoms with van der Waals surface area (Å²) >= 11 is 0. The van der Waals surface area contributed by atoms with Crippen LogP contribution in [0, 0.1) is 17.1 Å². The van der Waals surface area contributed by atoms with E-state index < -0.39 is 32.2 Å². The van der Waals surface area contributed by atoms with Crippen molar-refractivity contribution in [3.63, 3.8) is 0 Å². The molecule has 4 rings (SSSR count). The lowest BCUT2D eigenvalue weighted by Gasteiger charge is -2.20. The van der Waals surface area contributed by atoms with E-state index in [2.05, 4.69) is 5.10 Å². The van der Waals surface area contributed by atoms with Crippen molar-refractivity contribution in [3.8, 4) is 40.3 Å². The molecule has 0 aliphatic carbocycles. The summed E-state index contributed by atoms with van der Waals surface area (Å²) in [7, 11) is -2.92. The molecule has 11 heteroatoms. The van der Waals surface area contributed by atoms with Crippen molar-refractivity contribution >= 4 is 10.0 Å². The van der Waals surface area contributed by atoms with Gasteiger partial charge in [0.15, 0.2) is 0 Å². The number of rotatable bonds is 9. The van der Waals surface area contributed by atoms with Gasteiger partial charge in [-0.25, -0.2) is 17.5 Å². The lowest BCUT2D eigenvalue weighted by atomic mass is 10.1. The zero-order valence-corrected chi connectivity index (χ0v) is 20.6. The monoisotopic (exact) mass is 522 g/mol. The van der Waals surface area contributed by atoms with Gasteiger partial charge in [0.2, 0.25) is 10.0 Å². The van der Waals surface area contributed by atoms with Gasteiger partial charge in [0, 0.05) is 30.8 Å². The predicted molar refractivity (Wildman–Crippen MR) is 133 cm³/mol. The fourth-order valence-electron chi connectivity index (χ4n) is 3.77. The van der Waals surface area contributed by atoms with E-state index in [1.54, 1.807) is 30.3 Å². The van der Waals surface area contributed by atoms with Crippen LogP contribution in [-0.4, -0.2) is 46.4 Å². The third-order valence-electron chi connectivity index (χ3n) is 5.60. The molecule has 190 valence electrons. The Morgan fingerprint density at radius 3 is 2.57 bits per heavy atom. The molecular formula is C26H23FN4O5S. The van der Waals surface area contributed by atoms with E-state index in [4.69, 9.17) is 10.00 Å². The minimum absolute atomic E-state index is 0.0331. The first-order valence-corrected chi connectivity index (χ1v) is 12.6. The number of hydrogen-bond acceptors (Lipinski definition) is 7. The number of para-hydroxylation sites is 2. The number of halogens is 1. The van der Waals surface area contributed by atoms with Crippen molar-refractivity contribution in [1.82, 2.24) is 14.1 Å². The zero-order valence-electron chi connectivity index (χ0n) is 19.7.